The van der Waals surface area contributed by atoms with E-state index >= 15 is 0 Å². The summed E-state index contributed by atoms with van der Waals surface area (Å²) in [6, 6.07) is 2.51. The third-order valence-corrected chi connectivity index (χ3v) is 2.03. The molecule has 80 valence electrons. The summed E-state index contributed by atoms with van der Waals surface area (Å²) in [4.78, 5) is 0. The molecule has 1 heterocycles. The SMILES string of the molecule is COCc1cc(C)c(CNC(C)C)o1. The lowest BCUT2D eigenvalue weighted by Crippen LogP contribution is -2.21. The summed E-state index contributed by atoms with van der Waals surface area (Å²) in [7, 11) is 1.67. The maximum absolute atomic E-state index is 5.62. The van der Waals surface area contributed by atoms with Crippen LogP contribution in [0, 0.1) is 6.92 Å². The number of rotatable bonds is 5. The van der Waals surface area contributed by atoms with E-state index in [0.29, 0.717) is 12.6 Å². The largest absolute Gasteiger partial charge is 0.462 e. The summed E-state index contributed by atoms with van der Waals surface area (Å²) >= 11 is 0. The molecule has 0 aromatic carbocycles. The Bertz CT molecular complexity index is 279. The second kappa shape index (κ2) is 5.17. The van der Waals surface area contributed by atoms with Gasteiger partial charge in [-0.1, -0.05) is 13.8 Å². The first-order chi connectivity index (χ1) is 6.63. The standard InChI is InChI=1S/C11H19NO2/c1-8(2)12-6-11-9(3)5-10(14-11)7-13-4/h5,8,12H,6-7H2,1-4H3. The molecule has 0 aliphatic rings. The van der Waals surface area contributed by atoms with Gasteiger partial charge in [0, 0.05) is 13.2 Å². The lowest BCUT2D eigenvalue weighted by atomic mass is 10.2. The Hall–Kier alpha value is -0.800. The number of hydrogen-bond acceptors (Lipinski definition) is 3. The predicted molar refractivity (Wildman–Crippen MR) is 56.1 cm³/mol. The maximum atomic E-state index is 5.62. The smallest absolute Gasteiger partial charge is 0.130 e. The second-order valence-electron chi connectivity index (χ2n) is 3.79. The number of methoxy groups -OCH3 is 1. The summed E-state index contributed by atoms with van der Waals surface area (Å²) < 4.78 is 10.6. The molecule has 1 aromatic heterocycles. The van der Waals surface area contributed by atoms with E-state index in [1.165, 1.54) is 5.56 Å². The molecule has 3 nitrogen and oxygen atoms in total. The Morgan fingerprint density at radius 3 is 2.79 bits per heavy atom. The van der Waals surface area contributed by atoms with Crippen molar-refractivity contribution < 1.29 is 9.15 Å². The van der Waals surface area contributed by atoms with Gasteiger partial charge in [-0.2, -0.15) is 0 Å². The van der Waals surface area contributed by atoms with Crippen LogP contribution in [0.4, 0.5) is 0 Å². The molecular weight excluding hydrogens is 178 g/mol. The fourth-order valence-electron chi connectivity index (χ4n) is 1.28. The first-order valence-corrected chi connectivity index (χ1v) is 4.94. The van der Waals surface area contributed by atoms with Gasteiger partial charge in [0.1, 0.15) is 18.1 Å². The summed E-state index contributed by atoms with van der Waals surface area (Å²) in [6.07, 6.45) is 0. The van der Waals surface area contributed by atoms with E-state index in [1.54, 1.807) is 7.11 Å². The van der Waals surface area contributed by atoms with Gasteiger partial charge < -0.3 is 14.5 Å². The van der Waals surface area contributed by atoms with Crippen molar-refractivity contribution >= 4 is 0 Å². The third kappa shape index (κ3) is 3.16. The van der Waals surface area contributed by atoms with Crippen molar-refractivity contribution in [2.75, 3.05) is 7.11 Å². The van der Waals surface area contributed by atoms with Crippen LogP contribution in [0.5, 0.6) is 0 Å². The van der Waals surface area contributed by atoms with Crippen LogP contribution in [0.1, 0.15) is 30.9 Å². The Labute approximate surface area is 85.4 Å². The molecule has 1 rings (SSSR count). The Morgan fingerprint density at radius 2 is 2.21 bits per heavy atom. The molecule has 3 heteroatoms. The number of nitrogens with one attached hydrogen (secondary N) is 1. The molecule has 0 bridgehead atoms. The van der Waals surface area contributed by atoms with Gasteiger partial charge >= 0.3 is 0 Å². The number of ether oxygens (including phenoxy) is 1. The summed E-state index contributed by atoms with van der Waals surface area (Å²) in [5.74, 6) is 1.90. The summed E-state index contributed by atoms with van der Waals surface area (Å²) in [5, 5.41) is 3.32. The summed E-state index contributed by atoms with van der Waals surface area (Å²) in [5.41, 5.74) is 1.19. The number of aryl methyl sites for hydroxylation is 1. The van der Waals surface area contributed by atoms with Crippen LogP contribution in [-0.2, 0) is 17.9 Å². The molecule has 14 heavy (non-hydrogen) atoms. The fraction of sp³-hybridized carbons (Fsp3) is 0.636. The molecule has 0 amide bonds. The molecule has 0 atom stereocenters. The molecule has 0 spiro atoms. The third-order valence-electron chi connectivity index (χ3n) is 2.03. The van der Waals surface area contributed by atoms with Crippen LogP contribution in [-0.4, -0.2) is 13.2 Å². The lowest BCUT2D eigenvalue weighted by Gasteiger charge is -2.06. The number of furan rings is 1. The maximum Gasteiger partial charge on any atom is 0.130 e. The van der Waals surface area contributed by atoms with Gasteiger partial charge in [0.2, 0.25) is 0 Å². The van der Waals surface area contributed by atoms with Crippen LogP contribution < -0.4 is 5.32 Å². The normalized spacial score (nSPS) is 11.2. The minimum absolute atomic E-state index is 0.477. The molecule has 1 N–H and O–H groups in total. The van der Waals surface area contributed by atoms with Gasteiger partial charge in [0.25, 0.3) is 0 Å². The monoisotopic (exact) mass is 197 g/mol. The van der Waals surface area contributed by atoms with Crippen LogP contribution in [0.2, 0.25) is 0 Å². The molecular formula is C11H19NO2. The van der Waals surface area contributed by atoms with Gasteiger partial charge in [-0.25, -0.2) is 0 Å². The fourth-order valence-corrected chi connectivity index (χ4v) is 1.28. The molecule has 0 aliphatic heterocycles. The average molecular weight is 197 g/mol. The van der Waals surface area contributed by atoms with E-state index in [9.17, 15) is 0 Å². The Morgan fingerprint density at radius 1 is 1.50 bits per heavy atom. The molecule has 0 aliphatic carbocycles. The first kappa shape index (κ1) is 11.3. The van der Waals surface area contributed by atoms with E-state index in [4.69, 9.17) is 9.15 Å². The first-order valence-electron chi connectivity index (χ1n) is 4.94. The lowest BCUT2D eigenvalue weighted by molar-refractivity contribution is 0.162. The molecule has 0 fully saturated rings. The van der Waals surface area contributed by atoms with Crippen molar-refractivity contribution in [2.24, 2.45) is 0 Å². The van der Waals surface area contributed by atoms with Crippen molar-refractivity contribution in [1.82, 2.24) is 5.32 Å². The van der Waals surface area contributed by atoms with E-state index < -0.39 is 0 Å². The molecule has 0 radical (unpaired) electrons. The van der Waals surface area contributed by atoms with Crippen molar-refractivity contribution in [3.8, 4) is 0 Å². The van der Waals surface area contributed by atoms with E-state index in [2.05, 4.69) is 26.1 Å². The highest BCUT2D eigenvalue weighted by atomic mass is 16.5. The van der Waals surface area contributed by atoms with Crippen molar-refractivity contribution in [2.45, 2.75) is 40.0 Å². The Balaban J connectivity index is 2.58. The average Bonchev–Trinajstić information content (AvgIpc) is 2.44. The van der Waals surface area contributed by atoms with Crippen LogP contribution in [0.3, 0.4) is 0 Å². The van der Waals surface area contributed by atoms with Crippen molar-refractivity contribution in [3.05, 3.63) is 23.2 Å². The topological polar surface area (TPSA) is 34.4 Å². The van der Waals surface area contributed by atoms with Crippen LogP contribution in [0.15, 0.2) is 10.5 Å². The minimum atomic E-state index is 0.477. The minimum Gasteiger partial charge on any atom is -0.462 e. The highest BCUT2D eigenvalue weighted by Crippen LogP contribution is 2.15. The van der Waals surface area contributed by atoms with Crippen LogP contribution in [0.25, 0.3) is 0 Å². The van der Waals surface area contributed by atoms with Crippen molar-refractivity contribution in [3.63, 3.8) is 0 Å². The second-order valence-corrected chi connectivity index (χ2v) is 3.79. The van der Waals surface area contributed by atoms with E-state index in [0.717, 1.165) is 18.1 Å². The number of hydrogen-bond donors (Lipinski definition) is 1. The van der Waals surface area contributed by atoms with Gasteiger partial charge in [0.15, 0.2) is 0 Å². The Kier molecular flexibility index (Phi) is 4.17. The predicted octanol–water partition coefficient (Wildman–Crippen LogP) is 2.23. The van der Waals surface area contributed by atoms with E-state index in [-0.39, 0.29) is 0 Å². The zero-order chi connectivity index (χ0) is 10.6. The van der Waals surface area contributed by atoms with Crippen LogP contribution >= 0.6 is 0 Å². The van der Waals surface area contributed by atoms with Gasteiger partial charge in [0.05, 0.1) is 6.54 Å². The molecule has 0 saturated heterocycles. The summed E-state index contributed by atoms with van der Waals surface area (Å²) in [6.45, 7) is 7.62. The molecule has 0 saturated carbocycles. The zero-order valence-electron chi connectivity index (χ0n) is 9.39. The molecule has 1 aromatic rings. The van der Waals surface area contributed by atoms with Gasteiger partial charge in [-0.3, -0.25) is 0 Å². The van der Waals surface area contributed by atoms with Crippen molar-refractivity contribution in [1.29, 1.82) is 0 Å². The highest BCUT2D eigenvalue weighted by Gasteiger charge is 2.07. The van der Waals surface area contributed by atoms with E-state index in [1.807, 2.05) is 6.07 Å². The van der Waals surface area contributed by atoms with Gasteiger partial charge in [-0.15, -0.1) is 0 Å². The highest BCUT2D eigenvalue weighted by molar-refractivity contribution is 5.19. The van der Waals surface area contributed by atoms with Gasteiger partial charge in [-0.05, 0) is 18.6 Å². The zero-order valence-corrected chi connectivity index (χ0v) is 9.39. The molecule has 0 unspecified atom stereocenters. The quantitative estimate of drug-likeness (QED) is 0.786.